The molecule has 0 aliphatic carbocycles. The molecule has 0 spiro atoms. The largest absolute Gasteiger partial charge is 0.474 e. The quantitative estimate of drug-likeness (QED) is 0.240. The average Bonchev–Trinajstić information content (AvgIpc) is 2.60. The summed E-state index contributed by atoms with van der Waals surface area (Å²) in [7, 11) is -2.75. The topological polar surface area (TPSA) is 125 Å². The first-order valence-electron chi connectivity index (χ1n) is 9.25. The van der Waals surface area contributed by atoms with E-state index in [1.54, 1.807) is 32.3 Å². The summed E-state index contributed by atoms with van der Waals surface area (Å²) in [5, 5.41) is 5.68. The number of azide groups is 1. The van der Waals surface area contributed by atoms with Gasteiger partial charge >= 0.3 is 0 Å². The fourth-order valence-electron chi connectivity index (χ4n) is 3.11. The zero-order valence-corrected chi connectivity index (χ0v) is 19.1. The molecule has 158 valence electrons. The maximum atomic E-state index is 12.2. The number of ether oxygens (including phenoxy) is 1. The van der Waals surface area contributed by atoms with E-state index in [-0.39, 0.29) is 6.10 Å². The van der Waals surface area contributed by atoms with E-state index in [4.69, 9.17) is 26.6 Å². The van der Waals surface area contributed by atoms with Crippen LogP contribution in [0.15, 0.2) is 23.6 Å². The number of rotatable bonds is 8. The second-order valence-corrected chi connectivity index (χ2v) is 11.3. The van der Waals surface area contributed by atoms with E-state index in [1.165, 1.54) is 6.26 Å². The summed E-state index contributed by atoms with van der Waals surface area (Å²) in [4.78, 5) is 11.6. The van der Waals surface area contributed by atoms with Crippen LogP contribution in [0.5, 0.6) is 5.88 Å². The van der Waals surface area contributed by atoms with Crippen molar-refractivity contribution in [2.24, 2.45) is 5.11 Å². The third kappa shape index (κ3) is 4.91. The molecule has 1 unspecified atom stereocenters. The minimum Gasteiger partial charge on any atom is -0.474 e. The highest BCUT2D eigenvalue weighted by atomic mass is 35.5. The molecule has 1 N–H and O–H groups in total. The highest BCUT2D eigenvalue weighted by molar-refractivity contribution is 7.93. The normalized spacial score (nSPS) is 17.1. The molecule has 3 atom stereocenters. The lowest BCUT2D eigenvalue weighted by Gasteiger charge is -2.29. The Balaban J connectivity index is 2.53. The summed E-state index contributed by atoms with van der Waals surface area (Å²) in [5.74, 6) is 0.364. The van der Waals surface area contributed by atoms with Crippen molar-refractivity contribution < 1.29 is 8.95 Å². The molecule has 10 heteroatoms. The maximum Gasteiger partial charge on any atom is 0.223 e. The molecule has 2 heterocycles. The Morgan fingerprint density at radius 3 is 2.55 bits per heavy atom. The number of hydrogen-bond acceptors (Lipinski definition) is 6. The number of nitrogens with one attached hydrogen (secondary N) is 1. The van der Waals surface area contributed by atoms with Crippen LogP contribution in [-0.2, 0) is 15.3 Å². The molecule has 0 aromatic carbocycles. The summed E-state index contributed by atoms with van der Waals surface area (Å²) >= 11 is 6.13. The molecular weight excluding hydrogens is 412 g/mol. The first-order valence-corrected chi connectivity index (χ1v) is 11.6. The molecule has 0 aliphatic heterocycles. The van der Waals surface area contributed by atoms with E-state index in [2.05, 4.69) is 20.0 Å². The summed E-state index contributed by atoms with van der Waals surface area (Å²) in [6.07, 6.45) is 5.33. The molecule has 0 aliphatic rings. The van der Waals surface area contributed by atoms with E-state index in [0.29, 0.717) is 29.3 Å². The molecular formula is C19H27ClN6O2S. The molecule has 0 fully saturated rings. The zero-order chi connectivity index (χ0) is 22.0. The van der Waals surface area contributed by atoms with Gasteiger partial charge in [0.25, 0.3) is 0 Å². The minimum atomic E-state index is -2.75. The van der Waals surface area contributed by atoms with Gasteiger partial charge in [0.05, 0.1) is 21.8 Å². The third-order valence-electron chi connectivity index (χ3n) is 5.38. The van der Waals surface area contributed by atoms with Gasteiger partial charge in [-0.05, 0) is 56.7 Å². The fraction of sp³-hybridized carbons (Fsp3) is 0.579. The van der Waals surface area contributed by atoms with Gasteiger partial charge in [-0.15, -0.1) is 0 Å². The van der Waals surface area contributed by atoms with Gasteiger partial charge in [0.15, 0.2) is 0 Å². The number of pyridine rings is 2. The SMILES string of the molecule is CC[C@@](C)(N=[N+]=[N-])c1cnc(O[C@H](C)CC(C)(C)S(C)(=N)=O)c2cnc(Cl)cc12. The first-order chi connectivity index (χ1) is 13.3. The maximum absolute atomic E-state index is 12.2. The Morgan fingerprint density at radius 2 is 2.00 bits per heavy atom. The van der Waals surface area contributed by atoms with E-state index in [9.17, 15) is 4.21 Å². The third-order valence-corrected chi connectivity index (χ3v) is 7.86. The second kappa shape index (κ2) is 8.34. The van der Waals surface area contributed by atoms with Gasteiger partial charge in [0.2, 0.25) is 5.88 Å². The van der Waals surface area contributed by atoms with Crippen LogP contribution in [0.1, 0.15) is 53.0 Å². The van der Waals surface area contributed by atoms with Gasteiger partial charge < -0.3 is 4.74 Å². The molecule has 0 saturated heterocycles. The Kier molecular flexibility index (Phi) is 6.67. The van der Waals surface area contributed by atoms with Gasteiger partial charge in [0, 0.05) is 39.7 Å². The van der Waals surface area contributed by atoms with Gasteiger partial charge in [-0.1, -0.05) is 23.6 Å². The van der Waals surface area contributed by atoms with Gasteiger partial charge in [-0.2, -0.15) is 0 Å². The minimum absolute atomic E-state index is 0.310. The van der Waals surface area contributed by atoms with Crippen LogP contribution in [0, 0.1) is 4.78 Å². The lowest BCUT2D eigenvalue weighted by atomic mass is 9.88. The number of hydrogen-bond donors (Lipinski definition) is 1. The molecule has 2 aromatic heterocycles. The molecule has 2 rings (SSSR count). The molecule has 8 nitrogen and oxygen atoms in total. The van der Waals surface area contributed by atoms with Crippen LogP contribution in [0.3, 0.4) is 0 Å². The Morgan fingerprint density at radius 1 is 1.34 bits per heavy atom. The number of fused-ring (bicyclic) bond motifs is 1. The van der Waals surface area contributed by atoms with Crippen LogP contribution in [0.4, 0.5) is 0 Å². The Bertz CT molecular complexity index is 1070. The summed E-state index contributed by atoms with van der Waals surface area (Å²) in [6, 6.07) is 1.71. The summed E-state index contributed by atoms with van der Waals surface area (Å²) in [6.45, 7) is 9.22. The van der Waals surface area contributed by atoms with E-state index >= 15 is 0 Å². The van der Waals surface area contributed by atoms with Crippen LogP contribution < -0.4 is 4.74 Å². The van der Waals surface area contributed by atoms with Crippen LogP contribution in [0.2, 0.25) is 5.15 Å². The van der Waals surface area contributed by atoms with Gasteiger partial charge in [-0.25, -0.2) is 14.2 Å². The summed E-state index contributed by atoms with van der Waals surface area (Å²) in [5.41, 5.74) is 8.94. The molecule has 0 amide bonds. The van der Waals surface area contributed by atoms with Gasteiger partial charge in [0.1, 0.15) is 5.15 Å². The number of aromatic nitrogens is 2. The smallest absolute Gasteiger partial charge is 0.223 e. The van der Waals surface area contributed by atoms with Crippen molar-refractivity contribution in [2.75, 3.05) is 6.26 Å². The zero-order valence-electron chi connectivity index (χ0n) is 17.6. The average molecular weight is 439 g/mol. The molecule has 2 aromatic rings. The van der Waals surface area contributed by atoms with Crippen molar-refractivity contribution in [3.8, 4) is 5.88 Å². The van der Waals surface area contributed by atoms with Gasteiger partial charge in [-0.3, -0.25) is 4.78 Å². The monoisotopic (exact) mass is 438 g/mol. The summed E-state index contributed by atoms with van der Waals surface area (Å²) < 4.78 is 25.5. The van der Waals surface area contributed by atoms with E-state index < -0.39 is 20.0 Å². The molecule has 0 bridgehead atoms. The fourth-order valence-corrected chi connectivity index (χ4v) is 3.82. The van der Waals surface area contributed by atoms with Crippen molar-refractivity contribution in [3.05, 3.63) is 39.6 Å². The van der Waals surface area contributed by atoms with Crippen molar-refractivity contribution in [1.82, 2.24) is 9.97 Å². The predicted molar refractivity (Wildman–Crippen MR) is 117 cm³/mol. The van der Waals surface area contributed by atoms with Crippen LogP contribution in [0.25, 0.3) is 21.2 Å². The van der Waals surface area contributed by atoms with Crippen LogP contribution >= 0.6 is 11.6 Å². The highest BCUT2D eigenvalue weighted by Gasteiger charge is 2.31. The highest BCUT2D eigenvalue weighted by Crippen LogP contribution is 2.38. The van der Waals surface area contributed by atoms with Crippen LogP contribution in [-0.4, -0.2) is 31.3 Å². The van der Waals surface area contributed by atoms with Crippen molar-refractivity contribution in [1.29, 1.82) is 4.78 Å². The lowest BCUT2D eigenvalue weighted by Crippen LogP contribution is -2.35. The second-order valence-electron chi connectivity index (χ2n) is 8.08. The molecule has 29 heavy (non-hydrogen) atoms. The Hall–Kier alpha value is -2.09. The van der Waals surface area contributed by atoms with Crippen molar-refractivity contribution in [2.45, 2.75) is 63.9 Å². The van der Waals surface area contributed by atoms with E-state index in [0.717, 1.165) is 10.9 Å². The lowest BCUT2D eigenvalue weighted by molar-refractivity contribution is 0.193. The predicted octanol–water partition coefficient (Wildman–Crippen LogP) is 5.83. The number of halogens is 1. The van der Waals surface area contributed by atoms with Crippen molar-refractivity contribution >= 4 is 32.1 Å². The standard InChI is InChI=1S/C19H27ClN6O2S/c1-7-19(5,25-26-21)15-11-24-17(14-10-23-16(20)8-13(14)15)28-12(2)9-18(3,4)29(6,22)27/h8,10-12,22H,7,9H2,1-6H3/t12-,19-,29?/m1/s1. The number of nitrogens with zero attached hydrogens (tertiary/aromatic N) is 5. The van der Waals surface area contributed by atoms with E-state index in [1.807, 2.05) is 20.8 Å². The van der Waals surface area contributed by atoms with Crippen molar-refractivity contribution in [3.63, 3.8) is 0 Å². The first kappa shape index (κ1) is 23.2. The molecule has 0 radical (unpaired) electrons. The molecule has 0 saturated carbocycles. The Labute approximate surface area is 176 Å².